The van der Waals surface area contributed by atoms with Crippen LogP contribution in [0.1, 0.15) is 25.1 Å². The Hall–Kier alpha value is -2.03. The lowest BCUT2D eigenvalue weighted by molar-refractivity contribution is -0.131. The molecule has 0 bridgehead atoms. The summed E-state index contributed by atoms with van der Waals surface area (Å²) in [5.74, 6) is -1.31. The molecule has 1 aliphatic heterocycles. The number of hydrogen-bond donors (Lipinski definition) is 1. The van der Waals surface area contributed by atoms with Crippen molar-refractivity contribution in [3.63, 3.8) is 0 Å². The number of benzene rings is 1. The van der Waals surface area contributed by atoms with Crippen LogP contribution >= 0.6 is 15.9 Å². The number of aromatic nitrogens is 3. The molecule has 1 aromatic carbocycles. The van der Waals surface area contributed by atoms with Crippen LogP contribution in [0.2, 0.25) is 0 Å². The number of aromatic amines is 1. The van der Waals surface area contributed by atoms with Gasteiger partial charge in [-0.25, -0.2) is 23.2 Å². The van der Waals surface area contributed by atoms with Gasteiger partial charge in [0.2, 0.25) is 5.91 Å². The highest BCUT2D eigenvalue weighted by Gasteiger charge is 2.37. The first-order valence-corrected chi connectivity index (χ1v) is 9.34. The third-order valence-electron chi connectivity index (χ3n) is 4.99. The highest BCUT2D eigenvalue weighted by molar-refractivity contribution is 9.10. The molecule has 2 aliphatic rings. The van der Waals surface area contributed by atoms with Gasteiger partial charge in [-0.05, 0) is 53.2 Å². The molecule has 1 saturated heterocycles. The number of H-pyrrole nitrogens is 1. The maximum absolute atomic E-state index is 14.3. The zero-order chi connectivity index (χ0) is 18.4. The second-order valence-electron chi connectivity index (χ2n) is 6.89. The third kappa shape index (κ3) is 3.08. The smallest absolute Gasteiger partial charge is 0.342 e. The average Bonchev–Trinajstić information content (AvgIpc) is 3.28. The number of carbonyl (C=O) groups is 1. The van der Waals surface area contributed by atoms with Gasteiger partial charge < -0.3 is 4.90 Å². The fourth-order valence-electron chi connectivity index (χ4n) is 3.45. The number of rotatable bonds is 4. The fourth-order valence-corrected chi connectivity index (χ4v) is 3.76. The average molecular weight is 427 g/mol. The molecule has 1 atom stereocenters. The number of hydrogen-bond acceptors (Lipinski definition) is 3. The summed E-state index contributed by atoms with van der Waals surface area (Å²) >= 11 is 2.93. The molecule has 1 saturated carbocycles. The molecule has 2 heterocycles. The molecule has 2 fully saturated rings. The van der Waals surface area contributed by atoms with Crippen molar-refractivity contribution in [3.8, 4) is 5.69 Å². The summed E-state index contributed by atoms with van der Waals surface area (Å²) in [6.45, 7) is 1.30. The standard InChI is InChI=1S/C17H17BrF2N4O2/c18-11-3-4-12(15(20)14(11)19)24-13(21-22-17(24)26)7-9-5-6-23(8-9)16(25)10-1-2-10/h3-4,9-10H,1-2,5-8H2,(H,22,26)/t9-/m0/s1. The molecule has 4 rings (SSSR count). The highest BCUT2D eigenvalue weighted by Crippen LogP contribution is 2.33. The number of nitrogens with zero attached hydrogens (tertiary/aromatic N) is 3. The van der Waals surface area contributed by atoms with E-state index >= 15 is 0 Å². The van der Waals surface area contributed by atoms with Crippen molar-refractivity contribution in [1.82, 2.24) is 19.7 Å². The topological polar surface area (TPSA) is 71.0 Å². The summed E-state index contributed by atoms with van der Waals surface area (Å²) in [5, 5.41) is 6.30. The van der Waals surface area contributed by atoms with Crippen molar-refractivity contribution in [1.29, 1.82) is 0 Å². The van der Waals surface area contributed by atoms with E-state index in [1.165, 1.54) is 12.1 Å². The van der Waals surface area contributed by atoms with E-state index < -0.39 is 17.3 Å². The summed E-state index contributed by atoms with van der Waals surface area (Å²) in [6, 6.07) is 2.68. The summed E-state index contributed by atoms with van der Waals surface area (Å²) < 4.78 is 29.2. The molecule has 0 spiro atoms. The predicted molar refractivity (Wildman–Crippen MR) is 92.9 cm³/mol. The highest BCUT2D eigenvalue weighted by atomic mass is 79.9. The minimum absolute atomic E-state index is 0.0122. The lowest BCUT2D eigenvalue weighted by Crippen LogP contribution is -2.30. The van der Waals surface area contributed by atoms with Crippen LogP contribution in [-0.2, 0) is 11.2 Å². The molecule has 1 aliphatic carbocycles. The number of halogens is 3. The Morgan fingerprint density at radius 3 is 2.77 bits per heavy atom. The lowest BCUT2D eigenvalue weighted by atomic mass is 10.0. The van der Waals surface area contributed by atoms with Crippen LogP contribution in [0.25, 0.3) is 5.69 Å². The second-order valence-corrected chi connectivity index (χ2v) is 7.75. The Balaban J connectivity index is 1.57. The van der Waals surface area contributed by atoms with Gasteiger partial charge in [0.1, 0.15) is 5.82 Å². The van der Waals surface area contributed by atoms with E-state index in [-0.39, 0.29) is 27.9 Å². The summed E-state index contributed by atoms with van der Waals surface area (Å²) in [6.07, 6.45) is 3.14. The van der Waals surface area contributed by atoms with Gasteiger partial charge in [-0.3, -0.25) is 4.79 Å². The van der Waals surface area contributed by atoms with Crippen LogP contribution in [0, 0.1) is 23.5 Å². The zero-order valence-electron chi connectivity index (χ0n) is 13.8. The van der Waals surface area contributed by atoms with Crippen LogP contribution < -0.4 is 5.69 Å². The quantitative estimate of drug-likeness (QED) is 0.762. The second kappa shape index (κ2) is 6.61. The summed E-state index contributed by atoms with van der Waals surface area (Å²) in [5.41, 5.74) is -0.798. The first-order valence-electron chi connectivity index (χ1n) is 8.54. The molecule has 1 aromatic heterocycles. The van der Waals surface area contributed by atoms with Crippen LogP contribution in [-0.4, -0.2) is 38.7 Å². The Labute approximate surface area is 156 Å². The number of amides is 1. The number of likely N-dealkylation sites (tertiary alicyclic amines) is 1. The first-order chi connectivity index (χ1) is 12.5. The molecule has 0 radical (unpaired) electrons. The molecule has 1 amide bonds. The molecular weight excluding hydrogens is 410 g/mol. The largest absolute Gasteiger partial charge is 0.348 e. The van der Waals surface area contributed by atoms with Crippen molar-refractivity contribution in [2.75, 3.05) is 13.1 Å². The van der Waals surface area contributed by atoms with E-state index in [1.54, 1.807) is 0 Å². The predicted octanol–water partition coefficient (Wildman–Crippen LogP) is 2.40. The van der Waals surface area contributed by atoms with Crippen LogP contribution in [0.5, 0.6) is 0 Å². The maximum atomic E-state index is 14.3. The Morgan fingerprint density at radius 1 is 1.27 bits per heavy atom. The molecule has 138 valence electrons. The van der Waals surface area contributed by atoms with Gasteiger partial charge in [-0.2, -0.15) is 5.10 Å². The van der Waals surface area contributed by atoms with E-state index in [0.29, 0.717) is 25.3 Å². The third-order valence-corrected chi connectivity index (χ3v) is 5.61. The van der Waals surface area contributed by atoms with E-state index in [0.717, 1.165) is 23.8 Å². The van der Waals surface area contributed by atoms with Gasteiger partial charge in [0.15, 0.2) is 11.6 Å². The minimum atomic E-state index is -1.11. The van der Waals surface area contributed by atoms with Crippen molar-refractivity contribution >= 4 is 21.8 Å². The van der Waals surface area contributed by atoms with E-state index in [1.807, 2.05) is 4.90 Å². The van der Waals surface area contributed by atoms with Crippen molar-refractivity contribution in [3.05, 3.63) is 44.5 Å². The van der Waals surface area contributed by atoms with Gasteiger partial charge >= 0.3 is 5.69 Å². The number of carbonyl (C=O) groups excluding carboxylic acids is 1. The fraction of sp³-hybridized carbons (Fsp3) is 0.471. The SMILES string of the molecule is O=C(C1CC1)N1CC[C@@H](Cc2n[nH]c(=O)n2-c2ccc(Br)c(F)c2F)C1. The van der Waals surface area contributed by atoms with Crippen molar-refractivity contribution in [2.45, 2.75) is 25.7 Å². The van der Waals surface area contributed by atoms with Crippen molar-refractivity contribution in [2.24, 2.45) is 11.8 Å². The lowest BCUT2D eigenvalue weighted by Gasteiger charge is -2.16. The van der Waals surface area contributed by atoms with Gasteiger partial charge in [0.25, 0.3) is 0 Å². The Kier molecular flexibility index (Phi) is 4.42. The van der Waals surface area contributed by atoms with Gasteiger partial charge in [0.05, 0.1) is 10.2 Å². The molecule has 2 aromatic rings. The van der Waals surface area contributed by atoms with E-state index in [2.05, 4.69) is 26.1 Å². The molecule has 6 nitrogen and oxygen atoms in total. The molecule has 1 N–H and O–H groups in total. The van der Waals surface area contributed by atoms with Gasteiger partial charge in [-0.15, -0.1) is 0 Å². The minimum Gasteiger partial charge on any atom is -0.342 e. The van der Waals surface area contributed by atoms with Gasteiger partial charge in [-0.1, -0.05) is 0 Å². The Morgan fingerprint density at radius 2 is 2.04 bits per heavy atom. The summed E-state index contributed by atoms with van der Waals surface area (Å²) in [4.78, 5) is 26.1. The Bertz CT molecular complexity index is 922. The molecule has 26 heavy (non-hydrogen) atoms. The monoisotopic (exact) mass is 426 g/mol. The van der Waals surface area contributed by atoms with Crippen LogP contribution in [0.3, 0.4) is 0 Å². The summed E-state index contributed by atoms with van der Waals surface area (Å²) in [7, 11) is 0. The molecule has 9 heteroatoms. The van der Waals surface area contributed by atoms with E-state index in [9.17, 15) is 18.4 Å². The van der Waals surface area contributed by atoms with Crippen molar-refractivity contribution < 1.29 is 13.6 Å². The van der Waals surface area contributed by atoms with Crippen LogP contribution in [0.15, 0.2) is 21.4 Å². The molecular formula is C17H17BrF2N4O2. The van der Waals surface area contributed by atoms with Crippen LogP contribution in [0.4, 0.5) is 8.78 Å². The van der Waals surface area contributed by atoms with Gasteiger partial charge in [0, 0.05) is 25.4 Å². The maximum Gasteiger partial charge on any atom is 0.348 e. The zero-order valence-corrected chi connectivity index (χ0v) is 15.4. The first kappa shape index (κ1) is 17.4. The molecule has 0 unspecified atom stereocenters. The normalized spacial score (nSPS) is 20.0. The number of nitrogens with one attached hydrogen (secondary N) is 1. The van der Waals surface area contributed by atoms with E-state index in [4.69, 9.17) is 0 Å².